The molecule has 0 amide bonds. The second kappa shape index (κ2) is 7.27. The first-order chi connectivity index (χ1) is 13.5. The fourth-order valence-corrected chi connectivity index (χ4v) is 8.29. The Morgan fingerprint density at radius 2 is 1.66 bits per heavy atom. The lowest BCUT2D eigenvalue weighted by molar-refractivity contribution is -0.183. The molecule has 2 heteroatoms. The van der Waals surface area contributed by atoms with E-state index >= 15 is 0 Å². The first kappa shape index (κ1) is 21.7. The summed E-state index contributed by atoms with van der Waals surface area (Å²) in [7, 11) is 0. The number of esters is 1. The van der Waals surface area contributed by atoms with Crippen LogP contribution in [0.3, 0.4) is 0 Å². The fourth-order valence-electron chi connectivity index (χ4n) is 8.29. The average molecular weight is 403 g/mol. The van der Waals surface area contributed by atoms with Crippen molar-refractivity contribution in [3.63, 3.8) is 0 Å². The fraction of sp³-hybridized carbons (Fsp3) is 0.963. The van der Waals surface area contributed by atoms with Crippen LogP contribution in [0, 0.1) is 52.3 Å². The third-order valence-electron chi connectivity index (χ3n) is 9.92. The zero-order valence-electron chi connectivity index (χ0n) is 20.2. The van der Waals surface area contributed by atoms with Crippen molar-refractivity contribution in [2.24, 2.45) is 52.3 Å². The molecule has 2 nitrogen and oxygen atoms in total. The Hall–Kier alpha value is -0.530. The highest BCUT2D eigenvalue weighted by Crippen LogP contribution is 2.71. The molecule has 4 aliphatic rings. The summed E-state index contributed by atoms with van der Waals surface area (Å²) in [5, 5.41) is 0. The highest BCUT2D eigenvalue weighted by Gasteiger charge is 2.68. The van der Waals surface area contributed by atoms with Crippen molar-refractivity contribution in [3.05, 3.63) is 0 Å². The van der Waals surface area contributed by atoms with Gasteiger partial charge in [-0.25, -0.2) is 0 Å². The van der Waals surface area contributed by atoms with Gasteiger partial charge in [-0.15, -0.1) is 0 Å². The lowest BCUT2D eigenvalue weighted by Gasteiger charge is -2.47. The highest BCUT2D eigenvalue weighted by atomic mass is 16.6. The van der Waals surface area contributed by atoms with Gasteiger partial charge in [0.2, 0.25) is 0 Å². The first-order valence-corrected chi connectivity index (χ1v) is 12.7. The topological polar surface area (TPSA) is 26.3 Å². The molecule has 4 aliphatic carbocycles. The van der Waals surface area contributed by atoms with Crippen LogP contribution in [0.25, 0.3) is 0 Å². The molecule has 4 saturated carbocycles. The van der Waals surface area contributed by atoms with Crippen LogP contribution in [0.2, 0.25) is 0 Å². The van der Waals surface area contributed by atoms with E-state index in [0.717, 1.165) is 61.7 Å². The summed E-state index contributed by atoms with van der Waals surface area (Å²) in [6, 6.07) is 0. The van der Waals surface area contributed by atoms with Crippen LogP contribution in [0.1, 0.15) is 106 Å². The number of ether oxygens (including phenoxy) is 1. The molecule has 0 aromatic rings. The Bertz CT molecular complexity index is 629. The van der Waals surface area contributed by atoms with Crippen molar-refractivity contribution in [1.29, 1.82) is 0 Å². The number of carbonyl (C=O) groups is 1. The summed E-state index contributed by atoms with van der Waals surface area (Å²) >= 11 is 0. The molecule has 8 unspecified atom stereocenters. The van der Waals surface area contributed by atoms with E-state index in [9.17, 15) is 4.79 Å². The van der Waals surface area contributed by atoms with Crippen molar-refractivity contribution in [2.45, 2.75) is 112 Å². The molecule has 0 aromatic carbocycles. The molecule has 4 bridgehead atoms. The second-order valence-electron chi connectivity index (χ2n) is 13.2. The molecule has 4 fully saturated rings. The molecule has 0 spiro atoms. The minimum Gasteiger partial charge on any atom is -0.459 e. The monoisotopic (exact) mass is 402 g/mol. The van der Waals surface area contributed by atoms with Crippen LogP contribution in [0.15, 0.2) is 0 Å². The van der Waals surface area contributed by atoms with Crippen LogP contribution < -0.4 is 0 Å². The van der Waals surface area contributed by atoms with Crippen molar-refractivity contribution in [2.75, 3.05) is 0 Å². The van der Waals surface area contributed by atoms with E-state index in [1.54, 1.807) is 0 Å². The summed E-state index contributed by atoms with van der Waals surface area (Å²) in [6.45, 7) is 15.8. The molecule has 8 atom stereocenters. The van der Waals surface area contributed by atoms with E-state index in [4.69, 9.17) is 4.74 Å². The summed E-state index contributed by atoms with van der Waals surface area (Å²) < 4.78 is 6.73. The van der Waals surface area contributed by atoms with Crippen molar-refractivity contribution in [1.82, 2.24) is 0 Å². The van der Waals surface area contributed by atoms with E-state index in [1.165, 1.54) is 25.7 Å². The smallest absolute Gasteiger partial charge is 0.310 e. The van der Waals surface area contributed by atoms with E-state index in [0.29, 0.717) is 5.92 Å². The zero-order chi connectivity index (χ0) is 21.2. The quantitative estimate of drug-likeness (QED) is 0.331. The maximum Gasteiger partial charge on any atom is 0.310 e. The Balaban J connectivity index is 1.56. The van der Waals surface area contributed by atoms with Gasteiger partial charge in [-0.05, 0) is 85.4 Å². The van der Waals surface area contributed by atoms with Crippen molar-refractivity contribution < 1.29 is 9.53 Å². The molecule has 0 aromatic heterocycles. The maximum atomic E-state index is 13.7. The van der Waals surface area contributed by atoms with Gasteiger partial charge in [0.05, 0.1) is 5.92 Å². The minimum atomic E-state index is -0.151. The Labute approximate surface area is 179 Å². The number of rotatable bonds is 7. The predicted octanol–water partition coefficient (Wildman–Crippen LogP) is 7.26. The van der Waals surface area contributed by atoms with Gasteiger partial charge in [0.15, 0.2) is 0 Å². The van der Waals surface area contributed by atoms with E-state index in [1.807, 2.05) is 0 Å². The number of hydrogen-bond acceptors (Lipinski definition) is 2. The average Bonchev–Trinajstić information content (AvgIpc) is 3.37. The lowest BCUT2D eigenvalue weighted by Crippen LogP contribution is -2.49. The molecule has 0 aliphatic heterocycles. The molecule has 0 radical (unpaired) electrons. The molecule has 0 heterocycles. The predicted molar refractivity (Wildman–Crippen MR) is 119 cm³/mol. The van der Waals surface area contributed by atoms with Gasteiger partial charge >= 0.3 is 5.97 Å². The molecule has 29 heavy (non-hydrogen) atoms. The van der Waals surface area contributed by atoms with Crippen LogP contribution in [-0.2, 0) is 9.53 Å². The first-order valence-electron chi connectivity index (χ1n) is 12.7. The molecule has 4 rings (SSSR count). The van der Waals surface area contributed by atoms with Gasteiger partial charge in [-0.2, -0.15) is 0 Å². The molecule has 166 valence electrons. The Morgan fingerprint density at radius 1 is 1.00 bits per heavy atom. The zero-order valence-corrected chi connectivity index (χ0v) is 20.2. The third kappa shape index (κ3) is 3.59. The number of carbonyl (C=O) groups excluding carboxylic acids is 1. The van der Waals surface area contributed by atoms with E-state index in [2.05, 4.69) is 48.5 Å². The summed E-state index contributed by atoms with van der Waals surface area (Å²) in [6.07, 6.45) is 11.1. The highest BCUT2D eigenvalue weighted by molar-refractivity contribution is 5.74. The Morgan fingerprint density at radius 3 is 2.24 bits per heavy atom. The van der Waals surface area contributed by atoms with Crippen molar-refractivity contribution in [3.8, 4) is 0 Å². The normalized spacial score (nSPS) is 41.6. The summed E-state index contributed by atoms with van der Waals surface area (Å²) in [4.78, 5) is 13.7. The van der Waals surface area contributed by atoms with Gasteiger partial charge in [0.1, 0.15) is 5.60 Å². The van der Waals surface area contributed by atoms with Crippen LogP contribution >= 0.6 is 0 Å². The van der Waals surface area contributed by atoms with E-state index < -0.39 is 0 Å². The molecule has 0 N–H and O–H groups in total. The van der Waals surface area contributed by atoms with Crippen LogP contribution in [0.5, 0.6) is 0 Å². The molecular weight excluding hydrogens is 356 g/mol. The summed E-state index contributed by atoms with van der Waals surface area (Å²) in [5.41, 5.74) is -0.0230. The van der Waals surface area contributed by atoms with E-state index in [-0.39, 0.29) is 28.3 Å². The SMILES string of the molecule is CCCC1(OC(=O)C(CC(C)(C)CC)C(C)(C)C)CC2CC1C1C3CCC(C3)C21. The van der Waals surface area contributed by atoms with Gasteiger partial charge in [0.25, 0.3) is 0 Å². The van der Waals surface area contributed by atoms with Crippen LogP contribution in [0.4, 0.5) is 0 Å². The van der Waals surface area contributed by atoms with Crippen LogP contribution in [-0.4, -0.2) is 11.6 Å². The minimum absolute atomic E-state index is 0.0128. The second-order valence-corrected chi connectivity index (χ2v) is 13.2. The molecular formula is C27H46O2. The maximum absolute atomic E-state index is 13.7. The van der Waals surface area contributed by atoms with Gasteiger partial charge < -0.3 is 4.74 Å². The largest absolute Gasteiger partial charge is 0.459 e. The standard InChI is InChI=1S/C27H46O2/c1-8-12-27(29-24(28)21(25(3,4)5)16-26(6,7)9-2)15-19-14-20(27)23-18-11-10-17(13-18)22(19)23/h17-23H,8-16H2,1-7H3. The Kier molecular flexibility index (Phi) is 5.43. The number of fused-ring (bicyclic) bond motifs is 9. The molecule has 0 saturated heterocycles. The third-order valence-corrected chi connectivity index (χ3v) is 9.92. The van der Waals surface area contributed by atoms with Crippen molar-refractivity contribution >= 4 is 5.97 Å². The number of hydrogen-bond donors (Lipinski definition) is 0. The van der Waals surface area contributed by atoms with Gasteiger partial charge in [0, 0.05) is 5.92 Å². The lowest BCUT2D eigenvalue weighted by atomic mass is 9.64. The summed E-state index contributed by atoms with van der Waals surface area (Å²) in [5.74, 6) is 5.36. The van der Waals surface area contributed by atoms with Gasteiger partial charge in [-0.1, -0.05) is 61.3 Å². The van der Waals surface area contributed by atoms with Gasteiger partial charge in [-0.3, -0.25) is 4.79 Å².